The molecular weight excluding hydrogens is 338 g/mol. The van der Waals surface area contributed by atoms with Gasteiger partial charge in [0.05, 0.1) is 12.6 Å². The number of rotatable bonds is 5. The van der Waals surface area contributed by atoms with Crippen molar-refractivity contribution in [1.29, 1.82) is 0 Å². The van der Waals surface area contributed by atoms with Gasteiger partial charge in [-0.1, -0.05) is 44.2 Å². The van der Waals surface area contributed by atoms with Gasteiger partial charge in [0, 0.05) is 17.9 Å². The first kappa shape index (κ1) is 19.1. The number of aliphatic imine (C=N–C) groups is 1. The normalized spacial score (nSPS) is 17.1. The number of guanidine groups is 1. The van der Waals surface area contributed by atoms with Crippen LogP contribution in [0.3, 0.4) is 0 Å². The lowest BCUT2D eigenvalue weighted by Gasteiger charge is -2.14. The Hall–Kier alpha value is -2.66. The van der Waals surface area contributed by atoms with Crippen molar-refractivity contribution in [2.45, 2.75) is 38.7 Å². The van der Waals surface area contributed by atoms with Crippen LogP contribution in [0.15, 0.2) is 59.6 Å². The van der Waals surface area contributed by atoms with E-state index >= 15 is 0 Å². The molecule has 1 heterocycles. The molecule has 1 aliphatic rings. The Morgan fingerprint density at radius 1 is 1.15 bits per heavy atom. The second-order valence-corrected chi connectivity index (χ2v) is 7.05. The van der Waals surface area contributed by atoms with Crippen molar-refractivity contribution < 1.29 is 9.53 Å². The van der Waals surface area contributed by atoms with E-state index < -0.39 is 0 Å². The van der Waals surface area contributed by atoms with Gasteiger partial charge in [-0.3, -0.25) is 10.1 Å². The second kappa shape index (κ2) is 9.33. The number of carbonyl (C=O) groups is 1. The summed E-state index contributed by atoms with van der Waals surface area (Å²) in [5.41, 5.74) is 2.75. The average Bonchev–Trinajstić information content (AvgIpc) is 3.21. The van der Waals surface area contributed by atoms with E-state index in [1.165, 1.54) is 5.56 Å². The third-order valence-electron chi connectivity index (χ3n) is 4.59. The molecule has 3 rings (SSSR count). The number of amides is 1. The number of nitrogens with zero attached hydrogens (tertiary/aromatic N) is 1. The van der Waals surface area contributed by atoms with Crippen LogP contribution in [0.2, 0.25) is 0 Å². The molecule has 2 aromatic carbocycles. The zero-order chi connectivity index (χ0) is 19.1. The molecule has 1 fully saturated rings. The fourth-order valence-electron chi connectivity index (χ4n) is 2.95. The molecular formula is C22H27N3O2. The zero-order valence-corrected chi connectivity index (χ0v) is 15.9. The largest absolute Gasteiger partial charge is 0.376 e. The van der Waals surface area contributed by atoms with Gasteiger partial charge in [-0.05, 0) is 48.6 Å². The predicted molar refractivity (Wildman–Crippen MR) is 109 cm³/mol. The second-order valence-electron chi connectivity index (χ2n) is 7.05. The van der Waals surface area contributed by atoms with Crippen LogP contribution in [-0.4, -0.2) is 31.1 Å². The lowest BCUT2D eigenvalue weighted by atomic mass is 10.0. The van der Waals surface area contributed by atoms with Gasteiger partial charge in [0.2, 0.25) is 5.96 Å². The van der Waals surface area contributed by atoms with Crippen LogP contribution in [0, 0.1) is 0 Å². The fraction of sp³-hybridized carbons (Fsp3) is 0.364. The first-order chi connectivity index (χ1) is 13.1. The van der Waals surface area contributed by atoms with E-state index in [1.807, 2.05) is 30.3 Å². The van der Waals surface area contributed by atoms with E-state index in [0.717, 1.165) is 25.1 Å². The third-order valence-corrected chi connectivity index (χ3v) is 4.59. The number of benzene rings is 2. The molecule has 0 unspecified atom stereocenters. The Balaban J connectivity index is 1.72. The molecule has 1 atom stereocenters. The molecule has 0 saturated carbocycles. The molecule has 5 heteroatoms. The molecule has 2 N–H and O–H groups in total. The van der Waals surface area contributed by atoms with Crippen LogP contribution >= 0.6 is 0 Å². The maximum absolute atomic E-state index is 12.5. The van der Waals surface area contributed by atoms with Crippen LogP contribution in [0.4, 0.5) is 5.69 Å². The molecule has 0 aliphatic carbocycles. The van der Waals surface area contributed by atoms with Gasteiger partial charge in [-0.2, -0.15) is 0 Å². The topological polar surface area (TPSA) is 62.7 Å². The highest BCUT2D eigenvalue weighted by Crippen LogP contribution is 2.17. The van der Waals surface area contributed by atoms with Crippen molar-refractivity contribution in [3.8, 4) is 0 Å². The number of nitrogens with one attached hydrogen (secondary N) is 2. The van der Waals surface area contributed by atoms with Crippen LogP contribution in [-0.2, 0) is 4.74 Å². The third kappa shape index (κ3) is 5.66. The van der Waals surface area contributed by atoms with Gasteiger partial charge in [0.1, 0.15) is 0 Å². The van der Waals surface area contributed by atoms with E-state index in [-0.39, 0.29) is 12.0 Å². The van der Waals surface area contributed by atoms with Gasteiger partial charge in [-0.25, -0.2) is 4.99 Å². The van der Waals surface area contributed by atoms with Gasteiger partial charge in [0.25, 0.3) is 5.91 Å². The van der Waals surface area contributed by atoms with Gasteiger partial charge < -0.3 is 10.1 Å². The van der Waals surface area contributed by atoms with E-state index in [4.69, 9.17) is 4.74 Å². The molecule has 0 bridgehead atoms. The Bertz CT molecular complexity index is 764. The van der Waals surface area contributed by atoms with Gasteiger partial charge in [-0.15, -0.1) is 0 Å². The van der Waals surface area contributed by atoms with E-state index in [1.54, 1.807) is 12.1 Å². The first-order valence-electron chi connectivity index (χ1n) is 9.51. The van der Waals surface area contributed by atoms with Crippen LogP contribution in [0.1, 0.15) is 48.5 Å². The van der Waals surface area contributed by atoms with Crippen LogP contribution in [0.25, 0.3) is 0 Å². The Labute approximate surface area is 160 Å². The molecule has 1 amide bonds. The summed E-state index contributed by atoms with van der Waals surface area (Å²) in [6, 6.07) is 17.3. The van der Waals surface area contributed by atoms with Crippen molar-refractivity contribution in [3.63, 3.8) is 0 Å². The fourth-order valence-corrected chi connectivity index (χ4v) is 2.95. The Morgan fingerprint density at radius 3 is 2.52 bits per heavy atom. The molecule has 0 radical (unpaired) electrons. The summed E-state index contributed by atoms with van der Waals surface area (Å²) in [6.45, 7) is 5.64. The Morgan fingerprint density at radius 2 is 1.89 bits per heavy atom. The van der Waals surface area contributed by atoms with Crippen molar-refractivity contribution in [3.05, 3.63) is 65.7 Å². The summed E-state index contributed by atoms with van der Waals surface area (Å²) in [6.07, 6.45) is 2.20. The van der Waals surface area contributed by atoms with Gasteiger partial charge in [0.15, 0.2) is 0 Å². The Kier molecular flexibility index (Phi) is 6.60. The zero-order valence-electron chi connectivity index (χ0n) is 15.9. The summed E-state index contributed by atoms with van der Waals surface area (Å²) in [7, 11) is 0. The smallest absolute Gasteiger partial charge is 0.257 e. The number of carbonyl (C=O) groups excluding carboxylic acids is 1. The van der Waals surface area contributed by atoms with Crippen molar-refractivity contribution in [2.75, 3.05) is 18.5 Å². The highest BCUT2D eigenvalue weighted by atomic mass is 16.5. The van der Waals surface area contributed by atoms with Crippen LogP contribution in [0.5, 0.6) is 0 Å². The van der Waals surface area contributed by atoms with Crippen LogP contribution < -0.4 is 10.6 Å². The summed E-state index contributed by atoms with van der Waals surface area (Å²) in [5.74, 6) is 0.731. The molecule has 1 saturated heterocycles. The SMILES string of the molecule is CC(C)c1ccc(NC(=NC[C@H]2CCCO2)NC(=O)c2ccccc2)cc1. The number of anilines is 1. The average molecular weight is 365 g/mol. The molecule has 0 aromatic heterocycles. The number of hydrogen-bond acceptors (Lipinski definition) is 3. The molecule has 142 valence electrons. The van der Waals surface area contributed by atoms with E-state index in [2.05, 4.69) is 41.6 Å². The maximum atomic E-state index is 12.5. The highest BCUT2D eigenvalue weighted by molar-refractivity contribution is 6.09. The minimum Gasteiger partial charge on any atom is -0.376 e. The highest BCUT2D eigenvalue weighted by Gasteiger charge is 2.16. The number of ether oxygens (including phenoxy) is 1. The van der Waals surface area contributed by atoms with Gasteiger partial charge >= 0.3 is 0 Å². The van der Waals surface area contributed by atoms with Crippen molar-refractivity contribution >= 4 is 17.6 Å². The lowest BCUT2D eigenvalue weighted by Crippen LogP contribution is -2.36. The monoisotopic (exact) mass is 365 g/mol. The summed E-state index contributed by atoms with van der Waals surface area (Å²) in [5, 5.41) is 6.12. The minimum absolute atomic E-state index is 0.124. The molecule has 2 aromatic rings. The maximum Gasteiger partial charge on any atom is 0.257 e. The van der Waals surface area contributed by atoms with E-state index in [9.17, 15) is 4.79 Å². The molecule has 27 heavy (non-hydrogen) atoms. The van der Waals surface area contributed by atoms with E-state index in [0.29, 0.717) is 24.0 Å². The predicted octanol–water partition coefficient (Wildman–Crippen LogP) is 4.19. The first-order valence-corrected chi connectivity index (χ1v) is 9.51. The number of hydrogen-bond donors (Lipinski definition) is 2. The lowest BCUT2D eigenvalue weighted by molar-refractivity contribution is 0.0975. The molecule has 0 spiro atoms. The minimum atomic E-state index is -0.187. The standard InChI is InChI=1S/C22H27N3O2/c1-16(2)17-10-12-19(13-11-17)24-22(23-15-20-9-6-14-27-20)25-21(26)18-7-4-3-5-8-18/h3-5,7-8,10-13,16,20H,6,9,14-15H2,1-2H3,(H2,23,24,25,26)/t20-/m1/s1. The molecule has 1 aliphatic heterocycles. The van der Waals surface area contributed by atoms with Crippen molar-refractivity contribution in [1.82, 2.24) is 5.32 Å². The van der Waals surface area contributed by atoms with Crippen molar-refractivity contribution in [2.24, 2.45) is 4.99 Å². The summed E-state index contributed by atoms with van der Waals surface area (Å²) >= 11 is 0. The summed E-state index contributed by atoms with van der Waals surface area (Å²) < 4.78 is 5.64. The molecule has 5 nitrogen and oxygen atoms in total. The quantitative estimate of drug-likeness (QED) is 0.617. The summed E-state index contributed by atoms with van der Waals surface area (Å²) in [4.78, 5) is 17.1.